The van der Waals surface area contributed by atoms with Gasteiger partial charge in [0.15, 0.2) is 5.11 Å². The van der Waals surface area contributed by atoms with Gasteiger partial charge in [0.2, 0.25) is 10.0 Å². The third-order valence-corrected chi connectivity index (χ3v) is 6.66. The fraction of sp³-hybridized carbons (Fsp3) is 0.263. The molecule has 11 heteroatoms. The van der Waals surface area contributed by atoms with E-state index in [0.29, 0.717) is 36.9 Å². The van der Waals surface area contributed by atoms with Crippen molar-refractivity contribution in [2.45, 2.75) is 0 Å². The predicted molar refractivity (Wildman–Crippen MR) is 125 cm³/mol. The van der Waals surface area contributed by atoms with Crippen LogP contribution in [0.3, 0.4) is 0 Å². The highest BCUT2D eigenvalue weighted by Crippen LogP contribution is 2.22. The zero-order valence-electron chi connectivity index (χ0n) is 16.1. The summed E-state index contributed by atoms with van der Waals surface area (Å²) in [7, 11) is -3.15. The minimum absolute atomic E-state index is 0.139. The number of thiocarbonyl (C=S) groups is 1. The molecule has 0 aliphatic carbocycles. The lowest BCUT2D eigenvalue weighted by molar-refractivity contribution is 0.0978. The molecule has 1 saturated heterocycles. The van der Waals surface area contributed by atoms with Crippen LogP contribution < -0.4 is 15.5 Å². The van der Waals surface area contributed by atoms with Crippen LogP contribution in [0.5, 0.6) is 0 Å². The summed E-state index contributed by atoms with van der Waals surface area (Å²) in [5.74, 6) is -0.436. The Labute approximate surface area is 191 Å². The number of hydrogen-bond donors (Lipinski definition) is 2. The molecule has 0 aromatic heterocycles. The molecule has 1 heterocycles. The highest BCUT2D eigenvalue weighted by atomic mass is 35.5. The molecule has 0 saturated carbocycles. The van der Waals surface area contributed by atoms with E-state index < -0.39 is 15.9 Å². The summed E-state index contributed by atoms with van der Waals surface area (Å²) < 4.78 is 24.7. The zero-order chi connectivity index (χ0) is 21.9. The Balaban J connectivity index is 1.55. The summed E-state index contributed by atoms with van der Waals surface area (Å²) >= 11 is 17.1. The predicted octanol–water partition coefficient (Wildman–Crippen LogP) is 3.20. The van der Waals surface area contributed by atoms with Gasteiger partial charge in [0.1, 0.15) is 0 Å². The van der Waals surface area contributed by atoms with Crippen LogP contribution in [0.15, 0.2) is 42.5 Å². The molecule has 30 heavy (non-hydrogen) atoms. The fourth-order valence-corrected chi connectivity index (χ4v) is 4.57. The largest absolute Gasteiger partial charge is 0.369 e. The molecule has 0 bridgehead atoms. The first kappa shape index (κ1) is 22.8. The molecule has 1 amide bonds. The second-order valence-corrected chi connectivity index (χ2v) is 9.96. The van der Waals surface area contributed by atoms with E-state index in [1.54, 1.807) is 6.07 Å². The van der Waals surface area contributed by atoms with Crippen molar-refractivity contribution < 1.29 is 13.2 Å². The molecule has 2 N–H and O–H groups in total. The van der Waals surface area contributed by atoms with E-state index in [-0.39, 0.29) is 15.7 Å². The third kappa shape index (κ3) is 5.83. The fourth-order valence-electron chi connectivity index (χ4n) is 3.04. The van der Waals surface area contributed by atoms with Crippen LogP contribution in [-0.4, -0.2) is 56.2 Å². The van der Waals surface area contributed by atoms with Gasteiger partial charge in [-0.05, 0) is 54.7 Å². The Kier molecular flexibility index (Phi) is 7.20. The van der Waals surface area contributed by atoms with Crippen LogP contribution in [0, 0.1) is 0 Å². The van der Waals surface area contributed by atoms with Gasteiger partial charge >= 0.3 is 0 Å². The SMILES string of the molecule is CS(=O)(=O)N1CCN(c2ccc(NC(=S)NC(=O)c3ccc(Cl)cc3Cl)cc2)CC1. The number of piperazine rings is 1. The number of amides is 1. The van der Waals surface area contributed by atoms with Crippen molar-refractivity contribution in [1.29, 1.82) is 0 Å². The number of sulfonamides is 1. The van der Waals surface area contributed by atoms with Crippen molar-refractivity contribution in [3.8, 4) is 0 Å². The monoisotopic (exact) mass is 486 g/mol. The molecule has 3 rings (SSSR count). The lowest BCUT2D eigenvalue weighted by Crippen LogP contribution is -2.48. The quantitative estimate of drug-likeness (QED) is 0.645. The number of hydrogen-bond acceptors (Lipinski definition) is 5. The summed E-state index contributed by atoms with van der Waals surface area (Å²) in [6, 6.07) is 12.1. The molecule has 1 aliphatic heterocycles. The number of nitrogens with zero attached hydrogens (tertiary/aromatic N) is 2. The number of halogens is 2. The van der Waals surface area contributed by atoms with E-state index in [4.69, 9.17) is 35.4 Å². The highest BCUT2D eigenvalue weighted by molar-refractivity contribution is 7.88. The summed E-state index contributed by atoms with van der Waals surface area (Å²) in [5.41, 5.74) is 1.96. The molecule has 0 atom stereocenters. The van der Waals surface area contributed by atoms with Gasteiger partial charge in [-0.15, -0.1) is 0 Å². The van der Waals surface area contributed by atoms with Gasteiger partial charge in [0.05, 0.1) is 16.8 Å². The number of rotatable bonds is 4. The van der Waals surface area contributed by atoms with Crippen molar-refractivity contribution in [3.63, 3.8) is 0 Å². The average molecular weight is 487 g/mol. The van der Waals surface area contributed by atoms with Crippen molar-refractivity contribution in [3.05, 3.63) is 58.1 Å². The van der Waals surface area contributed by atoms with Crippen molar-refractivity contribution in [1.82, 2.24) is 9.62 Å². The molecule has 0 unspecified atom stereocenters. The topological polar surface area (TPSA) is 81.8 Å². The molecule has 7 nitrogen and oxygen atoms in total. The maximum absolute atomic E-state index is 12.3. The Morgan fingerprint density at radius 3 is 2.23 bits per heavy atom. The molecule has 160 valence electrons. The summed E-state index contributed by atoms with van der Waals surface area (Å²) in [4.78, 5) is 14.4. The van der Waals surface area contributed by atoms with Gasteiger partial charge in [0.25, 0.3) is 5.91 Å². The molecule has 1 aliphatic rings. The third-order valence-electron chi connectivity index (χ3n) is 4.60. The second kappa shape index (κ2) is 9.49. The van der Waals surface area contributed by atoms with E-state index in [1.807, 2.05) is 24.3 Å². The maximum Gasteiger partial charge on any atom is 0.258 e. The van der Waals surface area contributed by atoms with Crippen LogP contribution in [0.2, 0.25) is 10.0 Å². The van der Waals surface area contributed by atoms with Gasteiger partial charge in [-0.1, -0.05) is 23.2 Å². The highest BCUT2D eigenvalue weighted by Gasteiger charge is 2.23. The number of benzene rings is 2. The van der Waals surface area contributed by atoms with Gasteiger partial charge in [0, 0.05) is 42.6 Å². The lowest BCUT2D eigenvalue weighted by Gasteiger charge is -2.34. The van der Waals surface area contributed by atoms with Gasteiger partial charge in [-0.25, -0.2) is 8.42 Å². The van der Waals surface area contributed by atoms with Gasteiger partial charge in [-0.3, -0.25) is 10.1 Å². The van der Waals surface area contributed by atoms with E-state index >= 15 is 0 Å². The van der Waals surface area contributed by atoms with E-state index in [9.17, 15) is 13.2 Å². The first-order valence-electron chi connectivity index (χ1n) is 9.01. The molecule has 2 aromatic rings. The van der Waals surface area contributed by atoms with Gasteiger partial charge in [-0.2, -0.15) is 4.31 Å². The Morgan fingerprint density at radius 1 is 1.03 bits per heavy atom. The summed E-state index contributed by atoms with van der Waals surface area (Å²) in [5, 5.41) is 6.36. The minimum Gasteiger partial charge on any atom is -0.369 e. The molecular formula is C19H20Cl2N4O3S2. The standard InChI is InChI=1S/C19H20Cl2N4O3S2/c1-30(27,28)25-10-8-24(9-11-25)15-5-3-14(4-6-15)22-19(29)23-18(26)16-7-2-13(20)12-17(16)21/h2-7,12H,8-11H2,1H3,(H2,22,23,26,29). The molecule has 1 fully saturated rings. The van der Waals surface area contributed by atoms with Crippen LogP contribution in [0.1, 0.15) is 10.4 Å². The van der Waals surface area contributed by atoms with Crippen LogP contribution in [-0.2, 0) is 10.0 Å². The molecule has 2 aromatic carbocycles. The maximum atomic E-state index is 12.3. The lowest BCUT2D eigenvalue weighted by atomic mass is 10.2. The number of carbonyl (C=O) groups is 1. The smallest absolute Gasteiger partial charge is 0.258 e. The van der Waals surface area contributed by atoms with Crippen molar-refractivity contribution in [2.24, 2.45) is 0 Å². The Bertz CT molecular complexity index is 1050. The first-order valence-corrected chi connectivity index (χ1v) is 12.0. The summed E-state index contributed by atoms with van der Waals surface area (Å²) in [6.45, 7) is 2.16. The van der Waals surface area contributed by atoms with E-state index in [1.165, 1.54) is 22.7 Å². The minimum atomic E-state index is -3.15. The van der Waals surface area contributed by atoms with E-state index in [2.05, 4.69) is 15.5 Å². The molecule has 0 spiro atoms. The Morgan fingerprint density at radius 2 is 1.67 bits per heavy atom. The number of anilines is 2. The van der Waals surface area contributed by atoms with Crippen LogP contribution in [0.4, 0.5) is 11.4 Å². The zero-order valence-corrected chi connectivity index (χ0v) is 19.2. The van der Waals surface area contributed by atoms with E-state index in [0.717, 1.165) is 5.69 Å². The number of nitrogens with one attached hydrogen (secondary N) is 2. The van der Waals surface area contributed by atoms with Crippen LogP contribution >= 0.6 is 35.4 Å². The van der Waals surface area contributed by atoms with Crippen molar-refractivity contribution >= 4 is 67.8 Å². The second-order valence-electron chi connectivity index (χ2n) is 6.73. The van der Waals surface area contributed by atoms with Gasteiger partial charge < -0.3 is 10.2 Å². The number of carbonyl (C=O) groups excluding carboxylic acids is 1. The Hall–Kier alpha value is -1.91. The average Bonchev–Trinajstić information content (AvgIpc) is 2.68. The molecular weight excluding hydrogens is 467 g/mol. The van der Waals surface area contributed by atoms with Crippen LogP contribution in [0.25, 0.3) is 0 Å². The summed E-state index contributed by atoms with van der Waals surface area (Å²) in [6.07, 6.45) is 1.23. The first-order chi connectivity index (χ1) is 14.1. The molecule has 0 radical (unpaired) electrons. The van der Waals surface area contributed by atoms with Crippen molar-refractivity contribution in [2.75, 3.05) is 42.7 Å². The normalized spacial score (nSPS) is 15.0.